The van der Waals surface area contributed by atoms with Gasteiger partial charge in [0.05, 0.1) is 0 Å². The van der Waals surface area contributed by atoms with E-state index >= 15 is 0 Å². The number of hydrogen-bond donors (Lipinski definition) is 0. The predicted molar refractivity (Wildman–Crippen MR) is 289 cm³/mol. The fraction of sp³-hybridized carbons (Fsp3) is 0.600. The minimum Gasteiger partial charge on any atom is -0.409 e. The van der Waals surface area contributed by atoms with Crippen molar-refractivity contribution in [3.63, 3.8) is 0 Å². The molecule has 0 aromatic heterocycles. The van der Waals surface area contributed by atoms with Crippen LogP contribution < -0.4 is 0 Å². The molecule has 1 rings (SSSR count). The van der Waals surface area contributed by atoms with Crippen molar-refractivity contribution < 1.29 is 37.0 Å². The lowest BCUT2D eigenvalue weighted by Crippen LogP contribution is -2.71. The van der Waals surface area contributed by atoms with Gasteiger partial charge in [-0.1, -0.05) is 176 Å². The summed E-state index contributed by atoms with van der Waals surface area (Å²) >= 11 is 0. The summed E-state index contributed by atoms with van der Waals surface area (Å²) < 4.78 is 69.7. The molecule has 0 bridgehead atoms. The molecule has 1 heterocycles. The first kappa shape index (κ1) is 60.3. The third-order valence-corrected chi connectivity index (χ3v) is 55.3. The van der Waals surface area contributed by atoms with Gasteiger partial charge in [0.1, 0.15) is 0 Å². The van der Waals surface area contributed by atoms with Crippen LogP contribution in [0.25, 0.3) is 0 Å². The first-order chi connectivity index (χ1) is 28.9. The fourth-order valence-corrected chi connectivity index (χ4v) is 57.5. The zero-order valence-corrected chi connectivity index (χ0v) is 51.9. The molecular formula is C45H90O9Si9. The molecule has 0 N–H and O–H groups in total. The van der Waals surface area contributed by atoms with Crippen molar-refractivity contribution >= 4 is 77.0 Å². The van der Waals surface area contributed by atoms with Crippen molar-refractivity contribution in [3.8, 4) is 0 Å². The Labute approximate surface area is 396 Å². The van der Waals surface area contributed by atoms with Crippen molar-refractivity contribution in [2.24, 2.45) is 0 Å². The van der Waals surface area contributed by atoms with Gasteiger partial charge in [0.25, 0.3) is 0 Å². The molecule has 0 amide bonds. The molecule has 360 valence electrons. The van der Waals surface area contributed by atoms with Gasteiger partial charge in [-0.05, 0) is 49.9 Å². The van der Waals surface area contributed by atoms with E-state index in [4.69, 9.17) is 37.0 Å². The van der Waals surface area contributed by atoms with Crippen LogP contribution in [0.15, 0.2) is 111 Å². The van der Waals surface area contributed by atoms with Crippen LogP contribution in [0.3, 0.4) is 0 Å². The summed E-state index contributed by atoms with van der Waals surface area (Å²) in [4.78, 5) is 0. The maximum atomic E-state index is 7.74. The van der Waals surface area contributed by atoms with Gasteiger partial charge in [0, 0.05) is 0 Å². The average molecular weight is 1030 g/mol. The quantitative estimate of drug-likeness (QED) is 0.125. The molecule has 0 unspecified atom stereocenters. The standard InChI is InChI=1S/C45H90O9Si9/c1-28-55(37(10)11)46-56(29-2,38(12)13)48-58(31-4,40(16)17)50-60(33-6,42(20)21)52-62(35-8,44(24)25)54-63(36-9,45(26)27)53-61(34-7,43(22)23)51-59(32-5,41(18)19)49-57(30-3,47-55)39(14)15/h28-45H,1-9H2,10-27H3. The molecular weight excluding hydrogens is 937 g/mol. The minimum atomic E-state index is -3.61. The van der Waals surface area contributed by atoms with Gasteiger partial charge in [0.15, 0.2) is 0 Å². The first-order valence-electron chi connectivity index (χ1n) is 22.9. The second kappa shape index (κ2) is 23.0. The Bertz CT molecular complexity index is 1240. The van der Waals surface area contributed by atoms with Crippen LogP contribution in [0.2, 0.25) is 49.9 Å². The fourth-order valence-electron chi connectivity index (χ4n) is 7.42. The summed E-state index contributed by atoms with van der Waals surface area (Å²) in [5.41, 5.74) is 15.5. The third-order valence-electron chi connectivity index (χ3n) is 12.7. The van der Waals surface area contributed by atoms with Gasteiger partial charge < -0.3 is 37.0 Å². The Morgan fingerprint density at radius 2 is 0.254 bits per heavy atom. The molecule has 1 fully saturated rings. The van der Waals surface area contributed by atoms with E-state index in [-0.39, 0.29) is 49.9 Å². The lowest BCUT2D eigenvalue weighted by atomic mass is 10.6. The van der Waals surface area contributed by atoms with E-state index in [0.29, 0.717) is 0 Å². The Balaban J connectivity index is 5.10. The molecule has 18 heteroatoms. The lowest BCUT2D eigenvalue weighted by Gasteiger charge is -2.54. The molecule has 0 aromatic rings. The summed E-state index contributed by atoms with van der Waals surface area (Å²) in [7, 11) is -32.5. The van der Waals surface area contributed by atoms with Crippen LogP contribution in [0.5, 0.6) is 0 Å². The Morgan fingerprint density at radius 1 is 0.190 bits per heavy atom. The third kappa shape index (κ3) is 11.9. The Kier molecular flexibility index (Phi) is 22.0. The van der Waals surface area contributed by atoms with Crippen LogP contribution in [0, 0.1) is 0 Å². The summed E-state index contributed by atoms with van der Waals surface area (Å²) in [6, 6.07) is 0. The average Bonchev–Trinajstić information content (AvgIpc) is 3.22. The highest BCUT2D eigenvalue weighted by molar-refractivity contribution is 7.02. The van der Waals surface area contributed by atoms with Gasteiger partial charge in [0.2, 0.25) is 0 Å². The molecule has 1 saturated heterocycles. The van der Waals surface area contributed by atoms with Gasteiger partial charge in [-0.3, -0.25) is 0 Å². The highest BCUT2D eigenvalue weighted by atomic mass is 28.5. The molecule has 1 aliphatic heterocycles. The van der Waals surface area contributed by atoms with E-state index in [2.05, 4.69) is 184 Å². The maximum absolute atomic E-state index is 7.74. The van der Waals surface area contributed by atoms with Crippen LogP contribution in [-0.4, -0.2) is 77.0 Å². The van der Waals surface area contributed by atoms with Gasteiger partial charge in [-0.25, -0.2) is 0 Å². The zero-order valence-electron chi connectivity index (χ0n) is 42.9. The van der Waals surface area contributed by atoms with E-state index < -0.39 is 77.0 Å². The SMILES string of the molecule is C=C[Si]1(C(C)C)O[Si](C=C)(C(C)C)O[Si](C=C)(C(C)C)O[Si](C=C)(C(C)C)O[Si](C=C)(C(C)C)O[Si](C=C)(C(C)C)O[Si](C=C)(C(C)C)O[Si](C=C)(C(C)C)O[Si](C=C)(C(C)C)O1. The van der Waals surface area contributed by atoms with Crippen LogP contribution in [0.1, 0.15) is 125 Å². The van der Waals surface area contributed by atoms with Crippen molar-refractivity contribution in [2.45, 2.75) is 174 Å². The molecule has 0 radical (unpaired) electrons. The molecule has 0 aliphatic carbocycles. The summed E-state index contributed by atoms with van der Waals surface area (Å²) in [5, 5.41) is 0. The van der Waals surface area contributed by atoms with Crippen LogP contribution in [-0.2, 0) is 37.0 Å². The predicted octanol–water partition coefficient (Wildman–Crippen LogP) is 14.3. The van der Waals surface area contributed by atoms with E-state index in [1.807, 2.05) is 51.3 Å². The molecule has 0 saturated carbocycles. The first-order valence-corrected chi connectivity index (χ1v) is 40.7. The Morgan fingerprint density at radius 3 is 0.286 bits per heavy atom. The summed E-state index contributed by atoms with van der Waals surface area (Å²) in [5.74, 6) is 0. The topological polar surface area (TPSA) is 83.1 Å². The second-order valence-corrected chi connectivity index (χ2v) is 54.0. The Hall–Kier alpha value is -0.748. The van der Waals surface area contributed by atoms with Gasteiger partial charge in [-0.15, -0.1) is 59.2 Å². The summed E-state index contributed by atoms with van der Waals surface area (Å²) in [6.07, 6.45) is 0. The molecule has 0 spiro atoms. The normalized spacial score (nSPS) is 37.0. The van der Waals surface area contributed by atoms with Gasteiger partial charge >= 0.3 is 77.0 Å². The van der Waals surface area contributed by atoms with Crippen LogP contribution in [0.4, 0.5) is 0 Å². The highest BCUT2D eigenvalue weighted by Crippen LogP contribution is 2.48. The van der Waals surface area contributed by atoms with Crippen molar-refractivity contribution in [1.82, 2.24) is 0 Å². The van der Waals surface area contributed by atoms with Crippen molar-refractivity contribution in [2.75, 3.05) is 0 Å². The smallest absolute Gasteiger partial charge is 0.349 e. The van der Waals surface area contributed by atoms with E-state index in [1.165, 1.54) is 0 Å². The summed E-state index contributed by atoms with van der Waals surface area (Å²) in [6.45, 7) is 78.1. The van der Waals surface area contributed by atoms with E-state index in [1.54, 1.807) is 0 Å². The lowest BCUT2D eigenvalue weighted by molar-refractivity contribution is 0.219. The molecule has 9 nitrogen and oxygen atoms in total. The van der Waals surface area contributed by atoms with E-state index in [0.717, 1.165) is 0 Å². The molecule has 0 atom stereocenters. The molecule has 0 aromatic carbocycles. The van der Waals surface area contributed by atoms with Crippen LogP contribution >= 0.6 is 0 Å². The highest BCUT2D eigenvalue weighted by Gasteiger charge is 2.65. The second-order valence-electron chi connectivity index (χ2n) is 19.6. The monoisotopic (exact) mass is 1030 g/mol. The molecule has 63 heavy (non-hydrogen) atoms. The van der Waals surface area contributed by atoms with Gasteiger partial charge in [-0.2, -0.15) is 0 Å². The van der Waals surface area contributed by atoms with Crippen molar-refractivity contribution in [1.29, 1.82) is 0 Å². The number of hydrogen-bond acceptors (Lipinski definition) is 9. The largest absolute Gasteiger partial charge is 0.409 e. The van der Waals surface area contributed by atoms with E-state index in [9.17, 15) is 0 Å². The van der Waals surface area contributed by atoms with Crippen molar-refractivity contribution in [3.05, 3.63) is 111 Å². The maximum Gasteiger partial charge on any atom is 0.349 e. The molecule has 1 aliphatic rings. The zero-order chi connectivity index (χ0) is 49.4. The minimum absolute atomic E-state index is 0.155. The number of rotatable bonds is 18.